The predicted octanol–water partition coefficient (Wildman–Crippen LogP) is 3.34. The van der Waals surface area contributed by atoms with Crippen LogP contribution in [0.25, 0.3) is 0 Å². The monoisotopic (exact) mass is 393 g/mol. The van der Waals surface area contributed by atoms with Crippen LogP contribution in [0.4, 0.5) is 5.69 Å². The molecule has 2 amide bonds. The summed E-state index contributed by atoms with van der Waals surface area (Å²) in [4.78, 5) is 28.3. The zero-order valence-corrected chi connectivity index (χ0v) is 16.7. The number of aromatic nitrogens is 1. The lowest BCUT2D eigenvalue weighted by molar-refractivity contribution is -0.121. The molecule has 0 aliphatic heterocycles. The Hall–Kier alpha value is -2.06. The molecule has 1 atom stereocenters. The summed E-state index contributed by atoms with van der Waals surface area (Å²) in [5, 5.41) is 7.61. The van der Waals surface area contributed by atoms with Gasteiger partial charge in [0.1, 0.15) is 5.75 Å². The van der Waals surface area contributed by atoms with Crippen molar-refractivity contribution >= 4 is 40.6 Å². The largest absolute Gasteiger partial charge is 0.497 e. The van der Waals surface area contributed by atoms with E-state index >= 15 is 0 Å². The summed E-state index contributed by atoms with van der Waals surface area (Å²) in [6.07, 6.45) is 1.16. The van der Waals surface area contributed by atoms with Crippen LogP contribution in [0.15, 0.2) is 34.0 Å². The average Bonchev–Trinajstić information content (AvgIpc) is 3.07. The van der Waals surface area contributed by atoms with E-state index < -0.39 is 0 Å². The number of thioether (sulfide) groups is 1. The van der Waals surface area contributed by atoms with Crippen LogP contribution in [0.3, 0.4) is 0 Å². The lowest BCUT2D eigenvalue weighted by Crippen LogP contribution is -2.33. The van der Waals surface area contributed by atoms with Crippen molar-refractivity contribution in [3.8, 4) is 5.75 Å². The Kier molecular flexibility index (Phi) is 7.93. The standard InChI is InChI=1S/C18H23N3O3S2/c1-4-12(2)19-16(22)9-14-10-25-18(21-14)26-11-17(23)20-13-5-7-15(24-3)8-6-13/h5-8,10,12H,4,9,11H2,1-3H3,(H,19,22)(H,20,23). The Morgan fingerprint density at radius 3 is 2.65 bits per heavy atom. The minimum Gasteiger partial charge on any atom is -0.497 e. The number of carbonyl (C=O) groups is 2. The number of nitrogens with one attached hydrogen (secondary N) is 2. The molecule has 1 aromatic carbocycles. The summed E-state index contributed by atoms with van der Waals surface area (Å²) in [7, 11) is 1.60. The molecule has 0 fully saturated rings. The third kappa shape index (κ3) is 6.68. The van der Waals surface area contributed by atoms with E-state index in [1.165, 1.54) is 23.1 Å². The van der Waals surface area contributed by atoms with E-state index in [-0.39, 0.29) is 30.0 Å². The van der Waals surface area contributed by atoms with Crippen LogP contribution in [0.5, 0.6) is 5.75 Å². The van der Waals surface area contributed by atoms with E-state index in [4.69, 9.17) is 4.74 Å². The summed E-state index contributed by atoms with van der Waals surface area (Å²) in [6, 6.07) is 7.33. The van der Waals surface area contributed by atoms with Gasteiger partial charge in [-0.05, 0) is 37.6 Å². The second-order valence-electron chi connectivity index (χ2n) is 5.72. The van der Waals surface area contributed by atoms with Crippen LogP contribution in [0, 0.1) is 0 Å². The van der Waals surface area contributed by atoms with Crippen molar-refractivity contribution in [3.05, 3.63) is 35.3 Å². The van der Waals surface area contributed by atoms with Gasteiger partial charge in [0.2, 0.25) is 11.8 Å². The molecular formula is C18H23N3O3S2. The number of nitrogens with zero attached hydrogens (tertiary/aromatic N) is 1. The average molecular weight is 394 g/mol. The van der Waals surface area contributed by atoms with Gasteiger partial charge in [0.25, 0.3) is 0 Å². The van der Waals surface area contributed by atoms with Gasteiger partial charge < -0.3 is 15.4 Å². The molecule has 0 spiro atoms. The van der Waals surface area contributed by atoms with Crippen LogP contribution in [-0.2, 0) is 16.0 Å². The number of anilines is 1. The molecule has 1 aromatic heterocycles. The van der Waals surface area contributed by atoms with E-state index in [0.29, 0.717) is 0 Å². The van der Waals surface area contributed by atoms with E-state index in [0.717, 1.165) is 27.9 Å². The highest BCUT2D eigenvalue weighted by molar-refractivity contribution is 8.01. The smallest absolute Gasteiger partial charge is 0.234 e. The van der Waals surface area contributed by atoms with Crippen LogP contribution >= 0.6 is 23.1 Å². The van der Waals surface area contributed by atoms with Gasteiger partial charge in [0, 0.05) is 17.1 Å². The number of carbonyl (C=O) groups excluding carboxylic acids is 2. The normalized spacial score (nSPS) is 11.7. The maximum Gasteiger partial charge on any atom is 0.234 e. The molecule has 0 saturated carbocycles. The lowest BCUT2D eigenvalue weighted by Gasteiger charge is -2.10. The van der Waals surface area contributed by atoms with Crippen molar-refractivity contribution in [1.82, 2.24) is 10.3 Å². The van der Waals surface area contributed by atoms with Gasteiger partial charge in [-0.1, -0.05) is 18.7 Å². The van der Waals surface area contributed by atoms with Crippen molar-refractivity contribution in [2.75, 3.05) is 18.2 Å². The van der Waals surface area contributed by atoms with Crippen LogP contribution < -0.4 is 15.4 Å². The Morgan fingerprint density at radius 2 is 2.00 bits per heavy atom. The van der Waals surface area contributed by atoms with Crippen molar-refractivity contribution in [1.29, 1.82) is 0 Å². The number of hydrogen-bond donors (Lipinski definition) is 2. The quantitative estimate of drug-likeness (QED) is 0.639. The highest BCUT2D eigenvalue weighted by Crippen LogP contribution is 2.23. The Labute approximate surface area is 161 Å². The SMILES string of the molecule is CCC(C)NC(=O)Cc1csc(SCC(=O)Nc2ccc(OC)cc2)n1. The number of hydrogen-bond acceptors (Lipinski definition) is 6. The summed E-state index contributed by atoms with van der Waals surface area (Å²) in [6.45, 7) is 4.00. The summed E-state index contributed by atoms with van der Waals surface area (Å²) < 4.78 is 5.86. The minimum absolute atomic E-state index is 0.0292. The summed E-state index contributed by atoms with van der Waals surface area (Å²) >= 11 is 2.81. The molecular weight excluding hydrogens is 370 g/mol. The molecule has 1 heterocycles. The summed E-state index contributed by atoms with van der Waals surface area (Å²) in [5.74, 6) is 0.868. The third-order valence-electron chi connectivity index (χ3n) is 3.59. The van der Waals surface area contributed by atoms with Gasteiger partial charge in [0.15, 0.2) is 4.34 Å². The molecule has 140 valence electrons. The molecule has 0 aliphatic carbocycles. The first kappa shape index (κ1) is 20.3. The van der Waals surface area contributed by atoms with Crippen molar-refractivity contribution in [2.45, 2.75) is 37.1 Å². The van der Waals surface area contributed by atoms with E-state index in [2.05, 4.69) is 15.6 Å². The number of ether oxygens (including phenoxy) is 1. The first-order valence-corrected chi connectivity index (χ1v) is 10.2. The second kappa shape index (κ2) is 10.2. The van der Waals surface area contributed by atoms with Crippen molar-refractivity contribution < 1.29 is 14.3 Å². The topological polar surface area (TPSA) is 80.3 Å². The molecule has 1 unspecified atom stereocenters. The molecule has 2 aromatic rings. The van der Waals surface area contributed by atoms with Crippen LogP contribution in [-0.4, -0.2) is 35.7 Å². The second-order valence-corrected chi connectivity index (χ2v) is 7.80. The van der Waals surface area contributed by atoms with Gasteiger partial charge in [-0.2, -0.15) is 0 Å². The molecule has 2 N–H and O–H groups in total. The lowest BCUT2D eigenvalue weighted by atomic mass is 10.2. The van der Waals surface area contributed by atoms with E-state index in [1.807, 2.05) is 19.2 Å². The number of amides is 2. The van der Waals surface area contributed by atoms with Gasteiger partial charge in [-0.25, -0.2) is 4.98 Å². The van der Waals surface area contributed by atoms with Crippen molar-refractivity contribution in [2.24, 2.45) is 0 Å². The zero-order chi connectivity index (χ0) is 18.9. The number of thiazole rings is 1. The third-order valence-corrected chi connectivity index (χ3v) is 5.66. The fourth-order valence-corrected chi connectivity index (χ4v) is 3.67. The Balaban J connectivity index is 1.77. The molecule has 0 saturated heterocycles. The molecule has 0 aliphatic rings. The number of rotatable bonds is 9. The molecule has 26 heavy (non-hydrogen) atoms. The minimum atomic E-state index is -0.105. The van der Waals surface area contributed by atoms with Crippen molar-refractivity contribution in [3.63, 3.8) is 0 Å². The maximum atomic E-state index is 12.0. The number of benzene rings is 1. The Morgan fingerprint density at radius 1 is 1.27 bits per heavy atom. The zero-order valence-electron chi connectivity index (χ0n) is 15.1. The van der Waals surface area contributed by atoms with Crippen LogP contribution in [0.1, 0.15) is 26.0 Å². The molecule has 6 nitrogen and oxygen atoms in total. The first-order valence-electron chi connectivity index (χ1n) is 8.30. The van der Waals surface area contributed by atoms with Gasteiger partial charge in [-0.3, -0.25) is 9.59 Å². The Bertz CT molecular complexity index is 732. The maximum absolute atomic E-state index is 12.0. The van der Waals surface area contributed by atoms with Gasteiger partial charge in [-0.15, -0.1) is 11.3 Å². The van der Waals surface area contributed by atoms with Crippen LogP contribution in [0.2, 0.25) is 0 Å². The fourth-order valence-electron chi connectivity index (χ4n) is 2.03. The molecule has 0 radical (unpaired) electrons. The van der Waals surface area contributed by atoms with Gasteiger partial charge >= 0.3 is 0 Å². The molecule has 8 heteroatoms. The first-order chi connectivity index (χ1) is 12.5. The molecule has 2 rings (SSSR count). The molecule has 0 bridgehead atoms. The van der Waals surface area contributed by atoms with Gasteiger partial charge in [0.05, 0.1) is 25.0 Å². The van der Waals surface area contributed by atoms with E-state index in [9.17, 15) is 9.59 Å². The highest BCUT2D eigenvalue weighted by Gasteiger charge is 2.11. The highest BCUT2D eigenvalue weighted by atomic mass is 32.2. The van der Waals surface area contributed by atoms with E-state index in [1.54, 1.807) is 31.4 Å². The predicted molar refractivity (Wildman–Crippen MR) is 106 cm³/mol. The summed E-state index contributed by atoms with van der Waals surface area (Å²) in [5.41, 5.74) is 1.45. The fraction of sp³-hybridized carbons (Fsp3) is 0.389. The number of methoxy groups -OCH3 is 1.